The number of carbonyl (C=O) groups excluding carboxylic acids is 1. The lowest BCUT2D eigenvalue weighted by molar-refractivity contribution is 0.0378. The number of aromatic nitrogens is 3. The topological polar surface area (TPSA) is 81.4 Å². The lowest BCUT2D eigenvalue weighted by Gasteiger charge is -2.32. The molecule has 3 heterocycles. The van der Waals surface area contributed by atoms with Gasteiger partial charge in [-0.15, -0.1) is 0 Å². The van der Waals surface area contributed by atoms with Crippen LogP contribution < -0.4 is 4.90 Å². The fourth-order valence-corrected chi connectivity index (χ4v) is 3.34. The summed E-state index contributed by atoms with van der Waals surface area (Å²) in [6, 6.07) is 3.55. The molecule has 0 unspecified atom stereocenters. The number of nitrogens with zero attached hydrogens (tertiary/aromatic N) is 4. The zero-order valence-electron chi connectivity index (χ0n) is 15.2. The molecule has 0 aromatic carbocycles. The lowest BCUT2D eigenvalue weighted by atomic mass is 9.96. The summed E-state index contributed by atoms with van der Waals surface area (Å²) in [4.78, 5) is 23.5. The molecule has 2 aromatic rings. The molecule has 2 aliphatic rings. The Kier molecular flexibility index (Phi) is 4.61. The maximum Gasteiger partial charge on any atom is 0.342 e. The van der Waals surface area contributed by atoms with Crippen molar-refractivity contribution in [3.63, 3.8) is 0 Å². The zero-order chi connectivity index (χ0) is 18.1. The number of hydrogen-bond donors (Lipinski definition) is 0. The maximum absolute atomic E-state index is 12.4. The molecule has 0 radical (unpaired) electrons. The van der Waals surface area contributed by atoms with E-state index in [1.54, 1.807) is 18.3 Å². The van der Waals surface area contributed by atoms with Crippen LogP contribution in [0.1, 0.15) is 73.4 Å². The van der Waals surface area contributed by atoms with Crippen LogP contribution in [-0.4, -0.2) is 40.3 Å². The van der Waals surface area contributed by atoms with E-state index in [1.165, 1.54) is 0 Å². The third-order valence-electron chi connectivity index (χ3n) is 4.89. The van der Waals surface area contributed by atoms with Crippen molar-refractivity contribution in [2.45, 2.75) is 57.5 Å². The third-order valence-corrected chi connectivity index (χ3v) is 4.89. The minimum Gasteiger partial charge on any atom is -0.459 e. The molecule has 2 aromatic heterocycles. The van der Waals surface area contributed by atoms with Crippen LogP contribution >= 0.6 is 0 Å². The van der Waals surface area contributed by atoms with Crippen LogP contribution in [0.5, 0.6) is 0 Å². The number of rotatable bonds is 5. The van der Waals surface area contributed by atoms with Crippen LogP contribution in [0.4, 0.5) is 5.82 Å². The van der Waals surface area contributed by atoms with E-state index in [0.29, 0.717) is 23.2 Å². The summed E-state index contributed by atoms with van der Waals surface area (Å²) in [5.41, 5.74) is 0.523. The Labute approximate surface area is 152 Å². The summed E-state index contributed by atoms with van der Waals surface area (Å²) in [7, 11) is 0. The average molecular weight is 356 g/mol. The number of hydrogen-bond acceptors (Lipinski definition) is 7. The van der Waals surface area contributed by atoms with Crippen LogP contribution in [0.25, 0.3) is 0 Å². The van der Waals surface area contributed by atoms with E-state index in [4.69, 9.17) is 9.26 Å². The number of carbonyl (C=O) groups is 1. The van der Waals surface area contributed by atoms with Gasteiger partial charge in [0.15, 0.2) is 5.82 Å². The van der Waals surface area contributed by atoms with Crippen molar-refractivity contribution in [3.8, 4) is 0 Å². The van der Waals surface area contributed by atoms with E-state index < -0.39 is 0 Å². The van der Waals surface area contributed by atoms with Crippen molar-refractivity contribution >= 4 is 11.8 Å². The fourth-order valence-electron chi connectivity index (χ4n) is 3.34. The monoisotopic (exact) mass is 356 g/mol. The Morgan fingerprint density at radius 2 is 2.00 bits per heavy atom. The molecular weight excluding hydrogens is 332 g/mol. The summed E-state index contributed by atoms with van der Waals surface area (Å²) in [5.74, 6) is 2.79. The molecule has 2 fully saturated rings. The minimum atomic E-state index is -0.322. The molecule has 1 aliphatic carbocycles. The zero-order valence-corrected chi connectivity index (χ0v) is 15.2. The number of anilines is 1. The molecule has 0 amide bonds. The Bertz CT molecular complexity index is 777. The number of piperidine rings is 1. The summed E-state index contributed by atoms with van der Waals surface area (Å²) < 4.78 is 10.7. The molecule has 7 nitrogen and oxygen atoms in total. The van der Waals surface area contributed by atoms with Crippen LogP contribution in [-0.2, 0) is 4.74 Å². The van der Waals surface area contributed by atoms with Gasteiger partial charge in [0.2, 0.25) is 5.89 Å². The molecule has 0 bridgehead atoms. The number of esters is 1. The molecule has 26 heavy (non-hydrogen) atoms. The quantitative estimate of drug-likeness (QED) is 0.760. The second-order valence-corrected chi connectivity index (χ2v) is 7.36. The Morgan fingerprint density at radius 1 is 1.23 bits per heavy atom. The van der Waals surface area contributed by atoms with Crippen molar-refractivity contribution in [1.29, 1.82) is 0 Å². The van der Waals surface area contributed by atoms with E-state index in [0.717, 1.165) is 50.5 Å². The maximum atomic E-state index is 12.4. The predicted octanol–water partition coefficient (Wildman–Crippen LogP) is 3.29. The molecule has 138 valence electrons. The van der Waals surface area contributed by atoms with Gasteiger partial charge in [-0.05, 0) is 51.7 Å². The first kappa shape index (κ1) is 17.0. The van der Waals surface area contributed by atoms with Gasteiger partial charge in [0.1, 0.15) is 11.4 Å². The van der Waals surface area contributed by atoms with Gasteiger partial charge in [-0.1, -0.05) is 5.16 Å². The highest BCUT2D eigenvalue weighted by Crippen LogP contribution is 2.40. The fraction of sp³-hybridized carbons (Fsp3) is 0.579. The van der Waals surface area contributed by atoms with Crippen LogP contribution in [0, 0.1) is 0 Å². The first-order valence-electron chi connectivity index (χ1n) is 9.36. The van der Waals surface area contributed by atoms with Gasteiger partial charge in [0, 0.05) is 31.1 Å². The molecule has 1 aliphatic heterocycles. The molecule has 4 rings (SSSR count). The molecule has 7 heteroatoms. The average Bonchev–Trinajstić information content (AvgIpc) is 3.38. The normalized spacial score (nSPS) is 18.3. The highest BCUT2D eigenvalue weighted by atomic mass is 16.5. The van der Waals surface area contributed by atoms with Gasteiger partial charge in [0.05, 0.1) is 6.10 Å². The molecule has 0 spiro atoms. The predicted molar refractivity (Wildman–Crippen MR) is 95.2 cm³/mol. The first-order chi connectivity index (χ1) is 12.6. The van der Waals surface area contributed by atoms with Gasteiger partial charge in [-0.25, -0.2) is 9.78 Å². The highest BCUT2D eigenvalue weighted by Gasteiger charge is 2.32. The van der Waals surface area contributed by atoms with E-state index in [1.807, 2.05) is 13.8 Å². The van der Waals surface area contributed by atoms with E-state index in [2.05, 4.69) is 20.0 Å². The Hall–Kier alpha value is -2.44. The lowest BCUT2D eigenvalue weighted by Crippen LogP contribution is -2.35. The summed E-state index contributed by atoms with van der Waals surface area (Å²) in [6.45, 7) is 5.30. The van der Waals surface area contributed by atoms with Crippen molar-refractivity contribution in [2.24, 2.45) is 0 Å². The van der Waals surface area contributed by atoms with Crippen LogP contribution in [0.3, 0.4) is 0 Å². The van der Waals surface area contributed by atoms with Gasteiger partial charge in [0.25, 0.3) is 0 Å². The van der Waals surface area contributed by atoms with Gasteiger partial charge < -0.3 is 14.2 Å². The van der Waals surface area contributed by atoms with Gasteiger partial charge in [-0.3, -0.25) is 0 Å². The summed E-state index contributed by atoms with van der Waals surface area (Å²) >= 11 is 0. The van der Waals surface area contributed by atoms with Crippen molar-refractivity contribution in [3.05, 3.63) is 35.6 Å². The van der Waals surface area contributed by atoms with E-state index in [-0.39, 0.29) is 12.1 Å². The highest BCUT2D eigenvalue weighted by molar-refractivity contribution is 5.94. The molecule has 1 saturated carbocycles. The number of ether oxygens (including phenoxy) is 1. The Balaban J connectivity index is 1.43. The summed E-state index contributed by atoms with van der Waals surface area (Å²) in [5, 5.41) is 4.18. The van der Waals surface area contributed by atoms with Crippen LogP contribution in [0.2, 0.25) is 0 Å². The standard InChI is InChI=1S/C19H24N4O3/c1-12(2)25-19(24)15-4-3-9-20-17(15)23-10-7-13(8-11-23)16-21-18(26-22-16)14-5-6-14/h3-4,9,12-14H,5-8,10-11H2,1-2H3. The molecular formula is C19H24N4O3. The smallest absolute Gasteiger partial charge is 0.342 e. The second-order valence-electron chi connectivity index (χ2n) is 7.36. The largest absolute Gasteiger partial charge is 0.459 e. The van der Waals surface area contributed by atoms with Crippen molar-refractivity contribution < 1.29 is 14.1 Å². The van der Waals surface area contributed by atoms with Crippen molar-refractivity contribution in [1.82, 2.24) is 15.1 Å². The van der Waals surface area contributed by atoms with Gasteiger partial charge in [-0.2, -0.15) is 4.98 Å². The summed E-state index contributed by atoms with van der Waals surface area (Å²) in [6.07, 6.45) is 5.72. The van der Waals surface area contributed by atoms with Crippen LogP contribution in [0.15, 0.2) is 22.9 Å². The van der Waals surface area contributed by atoms with Gasteiger partial charge >= 0.3 is 5.97 Å². The van der Waals surface area contributed by atoms with Crippen molar-refractivity contribution in [2.75, 3.05) is 18.0 Å². The third kappa shape index (κ3) is 3.57. The second kappa shape index (κ2) is 7.05. The van der Waals surface area contributed by atoms with E-state index >= 15 is 0 Å². The van der Waals surface area contributed by atoms with E-state index in [9.17, 15) is 4.79 Å². The molecule has 0 atom stereocenters. The SMILES string of the molecule is CC(C)OC(=O)c1cccnc1N1CCC(c2noc(C3CC3)n2)CC1. The first-order valence-corrected chi connectivity index (χ1v) is 9.36. The molecule has 0 N–H and O–H groups in total. The minimum absolute atomic E-state index is 0.153. The molecule has 1 saturated heterocycles. The number of pyridine rings is 1. The Morgan fingerprint density at radius 3 is 2.69 bits per heavy atom.